The molecule has 1 aromatic heterocycles. The van der Waals surface area contributed by atoms with E-state index in [1.54, 1.807) is 6.07 Å². The summed E-state index contributed by atoms with van der Waals surface area (Å²) in [5, 5.41) is 4.02. The highest BCUT2D eigenvalue weighted by Crippen LogP contribution is 2.37. The van der Waals surface area contributed by atoms with Gasteiger partial charge in [-0.1, -0.05) is 35.5 Å². The second kappa shape index (κ2) is 5.25. The van der Waals surface area contributed by atoms with Crippen LogP contribution in [0.25, 0.3) is 11.3 Å². The first-order valence-corrected chi connectivity index (χ1v) is 7.79. The van der Waals surface area contributed by atoms with Gasteiger partial charge in [-0.25, -0.2) is 0 Å². The van der Waals surface area contributed by atoms with Crippen LogP contribution in [0.4, 0.5) is 0 Å². The molecule has 1 amide bonds. The van der Waals surface area contributed by atoms with Crippen LogP contribution in [0.3, 0.4) is 0 Å². The van der Waals surface area contributed by atoms with Gasteiger partial charge < -0.3 is 15.2 Å². The van der Waals surface area contributed by atoms with E-state index in [1.807, 2.05) is 35.2 Å². The lowest BCUT2D eigenvalue weighted by atomic mass is 9.98. The molecule has 1 aliphatic carbocycles. The average molecular weight is 297 g/mol. The Labute approximate surface area is 129 Å². The number of fused-ring (bicyclic) bond motifs is 1. The van der Waals surface area contributed by atoms with Gasteiger partial charge in [-0.2, -0.15) is 0 Å². The van der Waals surface area contributed by atoms with Gasteiger partial charge in [0.25, 0.3) is 5.91 Å². The van der Waals surface area contributed by atoms with E-state index in [2.05, 4.69) is 5.16 Å². The van der Waals surface area contributed by atoms with E-state index < -0.39 is 0 Å². The Hall–Kier alpha value is -2.14. The summed E-state index contributed by atoms with van der Waals surface area (Å²) in [5.41, 5.74) is 7.77. The molecule has 1 aliphatic heterocycles. The number of nitrogens with zero attached hydrogens (tertiary/aromatic N) is 2. The summed E-state index contributed by atoms with van der Waals surface area (Å²) >= 11 is 0. The van der Waals surface area contributed by atoms with Crippen molar-refractivity contribution >= 4 is 5.91 Å². The maximum absolute atomic E-state index is 12.6. The number of carbonyl (C=O) groups is 1. The Morgan fingerprint density at radius 2 is 2.05 bits per heavy atom. The molecule has 0 bridgehead atoms. The molecule has 1 saturated heterocycles. The Morgan fingerprint density at radius 3 is 2.82 bits per heavy atom. The molecular weight excluding hydrogens is 278 g/mol. The van der Waals surface area contributed by atoms with Gasteiger partial charge >= 0.3 is 0 Å². The monoisotopic (exact) mass is 297 g/mol. The third kappa shape index (κ3) is 2.22. The molecule has 114 valence electrons. The Morgan fingerprint density at radius 1 is 1.23 bits per heavy atom. The highest BCUT2D eigenvalue weighted by atomic mass is 16.5. The van der Waals surface area contributed by atoms with Crippen LogP contribution < -0.4 is 5.73 Å². The molecule has 0 radical (unpaired) electrons. The molecule has 22 heavy (non-hydrogen) atoms. The number of aromatic nitrogens is 1. The molecule has 4 rings (SSSR count). The molecule has 3 unspecified atom stereocenters. The maximum atomic E-state index is 12.6. The molecule has 1 aromatic carbocycles. The fourth-order valence-corrected chi connectivity index (χ4v) is 3.75. The third-order valence-electron chi connectivity index (χ3n) is 4.99. The standard InChI is InChI=1S/C17H19N3O2/c18-14-7-6-12-9-20(10-13(12)14)17(21)16-8-15(19-22-16)11-4-2-1-3-5-11/h1-5,8,12-14H,6-7,9-10,18H2. The SMILES string of the molecule is NC1CCC2CN(C(=O)c3cc(-c4ccccc4)no3)CC12. The van der Waals surface area contributed by atoms with Gasteiger partial charge in [0, 0.05) is 30.8 Å². The number of rotatable bonds is 2. The minimum absolute atomic E-state index is 0.0729. The van der Waals surface area contributed by atoms with Gasteiger partial charge in [0.05, 0.1) is 0 Å². The molecule has 0 spiro atoms. The third-order valence-corrected chi connectivity index (χ3v) is 4.99. The quantitative estimate of drug-likeness (QED) is 0.922. The molecule has 5 heteroatoms. The minimum Gasteiger partial charge on any atom is -0.350 e. The maximum Gasteiger partial charge on any atom is 0.292 e. The Balaban J connectivity index is 1.51. The van der Waals surface area contributed by atoms with Crippen molar-refractivity contribution in [3.8, 4) is 11.3 Å². The molecule has 5 nitrogen and oxygen atoms in total. The molecule has 2 aromatic rings. The smallest absolute Gasteiger partial charge is 0.292 e. The van der Waals surface area contributed by atoms with E-state index in [0.717, 1.165) is 31.5 Å². The van der Waals surface area contributed by atoms with Crippen molar-refractivity contribution in [1.29, 1.82) is 0 Å². The summed E-state index contributed by atoms with van der Waals surface area (Å²) in [5.74, 6) is 1.24. The van der Waals surface area contributed by atoms with Gasteiger partial charge in [-0.05, 0) is 24.7 Å². The molecule has 2 N–H and O–H groups in total. The van der Waals surface area contributed by atoms with Gasteiger partial charge in [0.2, 0.25) is 5.76 Å². The van der Waals surface area contributed by atoms with Crippen LogP contribution in [0.2, 0.25) is 0 Å². The summed E-state index contributed by atoms with van der Waals surface area (Å²) in [6.45, 7) is 1.53. The number of nitrogens with two attached hydrogens (primary N) is 1. The topological polar surface area (TPSA) is 72.4 Å². The zero-order chi connectivity index (χ0) is 15.1. The van der Waals surface area contributed by atoms with Crippen molar-refractivity contribution in [3.63, 3.8) is 0 Å². The van der Waals surface area contributed by atoms with Crippen molar-refractivity contribution in [2.45, 2.75) is 18.9 Å². The average Bonchev–Trinajstić information content (AvgIpc) is 3.25. The number of benzene rings is 1. The largest absolute Gasteiger partial charge is 0.350 e. The second-order valence-corrected chi connectivity index (χ2v) is 6.32. The molecule has 1 saturated carbocycles. The Bertz CT molecular complexity index is 682. The van der Waals surface area contributed by atoms with Gasteiger partial charge in [-0.3, -0.25) is 4.79 Å². The van der Waals surface area contributed by atoms with E-state index in [0.29, 0.717) is 23.3 Å². The van der Waals surface area contributed by atoms with Crippen LogP contribution in [0.1, 0.15) is 23.4 Å². The highest BCUT2D eigenvalue weighted by Gasteiger charge is 2.43. The predicted molar refractivity (Wildman–Crippen MR) is 82.0 cm³/mol. The van der Waals surface area contributed by atoms with Crippen LogP contribution in [0.15, 0.2) is 40.9 Å². The van der Waals surface area contributed by atoms with Gasteiger partial charge in [-0.15, -0.1) is 0 Å². The van der Waals surface area contributed by atoms with Crippen LogP contribution >= 0.6 is 0 Å². The Kier molecular flexibility index (Phi) is 3.22. The molecular formula is C17H19N3O2. The normalized spacial score (nSPS) is 27.1. The first-order chi connectivity index (χ1) is 10.7. The lowest BCUT2D eigenvalue weighted by Gasteiger charge is -2.16. The van der Waals surface area contributed by atoms with E-state index in [4.69, 9.17) is 10.3 Å². The van der Waals surface area contributed by atoms with Crippen molar-refractivity contribution in [2.75, 3.05) is 13.1 Å². The number of hydrogen-bond acceptors (Lipinski definition) is 4. The number of amides is 1. The van der Waals surface area contributed by atoms with Crippen LogP contribution in [0, 0.1) is 11.8 Å². The molecule has 2 fully saturated rings. The number of hydrogen-bond donors (Lipinski definition) is 1. The summed E-state index contributed by atoms with van der Waals surface area (Å²) < 4.78 is 5.27. The van der Waals surface area contributed by atoms with Crippen molar-refractivity contribution in [2.24, 2.45) is 17.6 Å². The van der Waals surface area contributed by atoms with E-state index >= 15 is 0 Å². The zero-order valence-electron chi connectivity index (χ0n) is 12.3. The van der Waals surface area contributed by atoms with Crippen molar-refractivity contribution < 1.29 is 9.32 Å². The van der Waals surface area contributed by atoms with Crippen molar-refractivity contribution in [3.05, 3.63) is 42.2 Å². The lowest BCUT2D eigenvalue weighted by Crippen LogP contribution is -2.33. The first kappa shape index (κ1) is 13.5. The van der Waals surface area contributed by atoms with Crippen LogP contribution in [-0.4, -0.2) is 35.1 Å². The second-order valence-electron chi connectivity index (χ2n) is 6.32. The highest BCUT2D eigenvalue weighted by molar-refractivity contribution is 5.92. The first-order valence-electron chi connectivity index (χ1n) is 7.79. The number of likely N-dealkylation sites (tertiary alicyclic amines) is 1. The zero-order valence-corrected chi connectivity index (χ0v) is 12.3. The summed E-state index contributed by atoms with van der Waals surface area (Å²) in [7, 11) is 0. The number of carbonyl (C=O) groups excluding carboxylic acids is 1. The van der Waals surface area contributed by atoms with Gasteiger partial charge in [0.15, 0.2) is 0 Å². The summed E-state index contributed by atoms with van der Waals surface area (Å²) in [4.78, 5) is 14.4. The van der Waals surface area contributed by atoms with Crippen molar-refractivity contribution in [1.82, 2.24) is 10.1 Å². The summed E-state index contributed by atoms with van der Waals surface area (Å²) in [6, 6.07) is 11.7. The van der Waals surface area contributed by atoms with Crippen LogP contribution in [-0.2, 0) is 0 Å². The molecule has 2 heterocycles. The summed E-state index contributed by atoms with van der Waals surface area (Å²) in [6.07, 6.45) is 2.21. The molecule has 3 atom stereocenters. The fraction of sp³-hybridized carbons (Fsp3) is 0.412. The van der Waals surface area contributed by atoms with E-state index in [9.17, 15) is 4.79 Å². The van der Waals surface area contributed by atoms with Gasteiger partial charge in [0.1, 0.15) is 5.69 Å². The fourth-order valence-electron chi connectivity index (χ4n) is 3.75. The molecule has 2 aliphatic rings. The predicted octanol–water partition coefficient (Wildman–Crippen LogP) is 2.15. The van der Waals surface area contributed by atoms with E-state index in [1.165, 1.54) is 0 Å². The lowest BCUT2D eigenvalue weighted by molar-refractivity contribution is 0.0738. The van der Waals surface area contributed by atoms with E-state index in [-0.39, 0.29) is 11.9 Å². The van der Waals surface area contributed by atoms with Crippen LogP contribution in [0.5, 0.6) is 0 Å². The minimum atomic E-state index is -0.0729.